The summed E-state index contributed by atoms with van der Waals surface area (Å²) in [5.41, 5.74) is 1.23. The van der Waals surface area contributed by atoms with Gasteiger partial charge in [0, 0.05) is 10.9 Å². The van der Waals surface area contributed by atoms with E-state index in [1.807, 2.05) is 38.1 Å². The van der Waals surface area contributed by atoms with Crippen LogP contribution in [0.15, 0.2) is 30.3 Å². The summed E-state index contributed by atoms with van der Waals surface area (Å²) in [5.74, 6) is -1.53. The molecular weight excluding hydrogens is 256 g/mol. The molecule has 2 atom stereocenters. The van der Waals surface area contributed by atoms with E-state index in [4.69, 9.17) is 0 Å². The van der Waals surface area contributed by atoms with Gasteiger partial charge in [0.15, 0.2) is 0 Å². The number of hydrogen-bond acceptors (Lipinski definition) is 2. The van der Waals surface area contributed by atoms with Crippen LogP contribution in [0.25, 0.3) is 10.9 Å². The number of carboxylic acid groups (broad SMARTS) is 1. The molecule has 1 aromatic carbocycles. The number of carbonyl (C=O) groups excluding carboxylic acids is 1. The van der Waals surface area contributed by atoms with Crippen molar-refractivity contribution in [1.82, 2.24) is 10.3 Å². The molecule has 1 amide bonds. The fourth-order valence-corrected chi connectivity index (χ4v) is 2.10. The van der Waals surface area contributed by atoms with Gasteiger partial charge in [0.05, 0.1) is 0 Å². The van der Waals surface area contributed by atoms with E-state index in [2.05, 4.69) is 10.3 Å². The summed E-state index contributed by atoms with van der Waals surface area (Å²) in [6.07, 6.45) is 0.684. The summed E-state index contributed by atoms with van der Waals surface area (Å²) in [5, 5.41) is 12.7. The maximum Gasteiger partial charge on any atom is 0.326 e. The first-order valence-electron chi connectivity index (χ1n) is 6.64. The van der Waals surface area contributed by atoms with Crippen molar-refractivity contribution in [3.8, 4) is 0 Å². The van der Waals surface area contributed by atoms with Crippen LogP contribution in [0, 0.1) is 5.92 Å². The van der Waals surface area contributed by atoms with E-state index in [9.17, 15) is 14.7 Å². The highest BCUT2D eigenvalue weighted by atomic mass is 16.4. The van der Waals surface area contributed by atoms with Crippen LogP contribution in [0.2, 0.25) is 0 Å². The molecule has 2 rings (SSSR count). The first kappa shape index (κ1) is 14.1. The van der Waals surface area contributed by atoms with Crippen molar-refractivity contribution < 1.29 is 14.7 Å². The van der Waals surface area contributed by atoms with E-state index in [-0.39, 0.29) is 5.92 Å². The van der Waals surface area contributed by atoms with Crippen LogP contribution in [-0.2, 0) is 4.79 Å². The van der Waals surface area contributed by atoms with E-state index >= 15 is 0 Å². The molecule has 0 spiro atoms. The zero-order valence-electron chi connectivity index (χ0n) is 11.5. The monoisotopic (exact) mass is 274 g/mol. The molecule has 0 saturated heterocycles. The standard InChI is InChI=1S/C15H18N2O3/c1-3-9(2)13(15(19)20)17-14(18)12-8-10-6-4-5-7-11(10)16-12/h4-9,13,16H,3H2,1-2H3,(H,17,18)(H,19,20)/t9?,13-/m0/s1. The molecule has 0 aliphatic carbocycles. The molecule has 0 saturated carbocycles. The van der Waals surface area contributed by atoms with Crippen molar-refractivity contribution in [2.75, 3.05) is 0 Å². The Hall–Kier alpha value is -2.30. The first-order chi connectivity index (χ1) is 9.52. The Kier molecular flexibility index (Phi) is 4.08. The molecule has 1 aromatic heterocycles. The molecule has 2 aromatic rings. The predicted molar refractivity (Wildman–Crippen MR) is 76.6 cm³/mol. The van der Waals surface area contributed by atoms with Crippen LogP contribution in [-0.4, -0.2) is 28.0 Å². The smallest absolute Gasteiger partial charge is 0.326 e. The second-order valence-electron chi connectivity index (χ2n) is 4.95. The van der Waals surface area contributed by atoms with Crippen molar-refractivity contribution in [3.05, 3.63) is 36.0 Å². The molecule has 3 N–H and O–H groups in total. The van der Waals surface area contributed by atoms with Crippen molar-refractivity contribution in [2.24, 2.45) is 5.92 Å². The maximum absolute atomic E-state index is 12.1. The fourth-order valence-electron chi connectivity index (χ4n) is 2.10. The zero-order valence-corrected chi connectivity index (χ0v) is 11.5. The van der Waals surface area contributed by atoms with E-state index in [0.717, 1.165) is 10.9 Å². The Morgan fingerprint density at radius 1 is 1.35 bits per heavy atom. The van der Waals surface area contributed by atoms with Crippen molar-refractivity contribution in [3.63, 3.8) is 0 Å². The number of fused-ring (bicyclic) bond motifs is 1. The summed E-state index contributed by atoms with van der Waals surface area (Å²) < 4.78 is 0. The number of hydrogen-bond donors (Lipinski definition) is 3. The van der Waals surface area contributed by atoms with Crippen LogP contribution in [0.5, 0.6) is 0 Å². The molecule has 0 aliphatic rings. The summed E-state index contributed by atoms with van der Waals surface area (Å²) in [6, 6.07) is 8.37. The largest absolute Gasteiger partial charge is 0.480 e. The molecular formula is C15H18N2O3. The van der Waals surface area contributed by atoms with Crippen LogP contribution >= 0.6 is 0 Å². The number of H-pyrrole nitrogens is 1. The SMILES string of the molecule is CCC(C)[C@H](NC(=O)c1cc2ccccc2[nH]1)C(=O)O. The van der Waals surface area contributed by atoms with E-state index < -0.39 is 17.9 Å². The van der Waals surface area contributed by atoms with Gasteiger partial charge in [0.25, 0.3) is 5.91 Å². The second kappa shape index (κ2) is 5.77. The predicted octanol–water partition coefficient (Wildman–Crippen LogP) is 2.40. The number of amides is 1. The number of aromatic nitrogens is 1. The van der Waals surface area contributed by atoms with E-state index in [1.54, 1.807) is 6.07 Å². The lowest BCUT2D eigenvalue weighted by Crippen LogP contribution is -2.45. The van der Waals surface area contributed by atoms with Crippen LogP contribution in [0.3, 0.4) is 0 Å². The Balaban J connectivity index is 2.20. The average Bonchev–Trinajstić information content (AvgIpc) is 2.87. The van der Waals surface area contributed by atoms with Gasteiger partial charge in [-0.25, -0.2) is 4.79 Å². The maximum atomic E-state index is 12.1. The molecule has 0 fully saturated rings. The van der Waals surface area contributed by atoms with Crippen LogP contribution in [0.1, 0.15) is 30.8 Å². The van der Waals surface area contributed by atoms with Gasteiger partial charge in [-0.1, -0.05) is 38.5 Å². The Labute approximate surface area is 117 Å². The number of nitrogens with one attached hydrogen (secondary N) is 2. The Morgan fingerprint density at radius 2 is 2.05 bits per heavy atom. The lowest BCUT2D eigenvalue weighted by atomic mass is 9.99. The minimum atomic E-state index is -1.01. The molecule has 0 radical (unpaired) electrons. The first-order valence-corrected chi connectivity index (χ1v) is 6.64. The topological polar surface area (TPSA) is 82.2 Å². The quantitative estimate of drug-likeness (QED) is 0.783. The second-order valence-corrected chi connectivity index (χ2v) is 4.95. The number of aliphatic carboxylic acids is 1. The molecule has 1 heterocycles. The van der Waals surface area contributed by atoms with Crippen molar-refractivity contribution >= 4 is 22.8 Å². The van der Waals surface area contributed by atoms with Crippen molar-refractivity contribution in [1.29, 1.82) is 0 Å². The molecule has 0 bridgehead atoms. The summed E-state index contributed by atoms with van der Waals surface area (Å²) >= 11 is 0. The number of para-hydroxylation sites is 1. The third-order valence-corrected chi connectivity index (χ3v) is 3.54. The molecule has 106 valence electrons. The van der Waals surface area contributed by atoms with Gasteiger partial charge in [-0.2, -0.15) is 0 Å². The number of rotatable bonds is 5. The minimum absolute atomic E-state index is 0.124. The summed E-state index contributed by atoms with van der Waals surface area (Å²) in [4.78, 5) is 26.3. The molecule has 5 heteroatoms. The van der Waals surface area contributed by atoms with Crippen LogP contribution in [0.4, 0.5) is 0 Å². The number of carboxylic acids is 1. The molecule has 0 aliphatic heterocycles. The van der Waals surface area contributed by atoms with Gasteiger partial charge in [0.1, 0.15) is 11.7 Å². The normalized spacial score (nSPS) is 13.9. The van der Waals surface area contributed by atoms with Crippen molar-refractivity contribution in [2.45, 2.75) is 26.3 Å². The highest BCUT2D eigenvalue weighted by Gasteiger charge is 2.26. The van der Waals surface area contributed by atoms with Gasteiger partial charge >= 0.3 is 5.97 Å². The summed E-state index contributed by atoms with van der Waals surface area (Å²) in [7, 11) is 0. The lowest BCUT2D eigenvalue weighted by molar-refractivity contribution is -0.140. The summed E-state index contributed by atoms with van der Waals surface area (Å²) in [6.45, 7) is 3.71. The third kappa shape index (κ3) is 2.82. The Bertz CT molecular complexity index is 600. The van der Waals surface area contributed by atoms with Gasteiger partial charge < -0.3 is 15.4 Å². The molecule has 5 nitrogen and oxygen atoms in total. The van der Waals surface area contributed by atoms with Gasteiger partial charge in [0.2, 0.25) is 0 Å². The fraction of sp³-hybridized carbons (Fsp3) is 0.333. The number of benzene rings is 1. The highest BCUT2D eigenvalue weighted by Crippen LogP contribution is 2.15. The van der Waals surface area contributed by atoms with Gasteiger partial charge in [-0.05, 0) is 18.1 Å². The van der Waals surface area contributed by atoms with Gasteiger partial charge in [-0.3, -0.25) is 4.79 Å². The number of aromatic amines is 1. The third-order valence-electron chi connectivity index (χ3n) is 3.54. The van der Waals surface area contributed by atoms with E-state index in [0.29, 0.717) is 12.1 Å². The zero-order chi connectivity index (χ0) is 14.7. The Morgan fingerprint density at radius 3 is 2.65 bits per heavy atom. The number of carbonyl (C=O) groups is 2. The average molecular weight is 274 g/mol. The minimum Gasteiger partial charge on any atom is -0.480 e. The van der Waals surface area contributed by atoms with E-state index in [1.165, 1.54) is 0 Å². The molecule has 1 unspecified atom stereocenters. The van der Waals surface area contributed by atoms with Crippen LogP contribution < -0.4 is 5.32 Å². The van der Waals surface area contributed by atoms with Gasteiger partial charge in [-0.15, -0.1) is 0 Å². The molecule has 20 heavy (non-hydrogen) atoms. The highest BCUT2D eigenvalue weighted by molar-refractivity contribution is 5.99. The lowest BCUT2D eigenvalue weighted by Gasteiger charge is -2.19.